The molecule has 1 aliphatic rings. The minimum atomic E-state index is -0.237. The van der Waals surface area contributed by atoms with Crippen LogP contribution in [-0.2, 0) is 13.0 Å². The summed E-state index contributed by atoms with van der Waals surface area (Å²) in [6, 6.07) is 24.6. The molecule has 0 radical (unpaired) electrons. The van der Waals surface area contributed by atoms with Gasteiger partial charge in [0.25, 0.3) is 0 Å². The van der Waals surface area contributed by atoms with Gasteiger partial charge in [0.1, 0.15) is 5.75 Å². The van der Waals surface area contributed by atoms with E-state index in [4.69, 9.17) is 4.74 Å². The number of para-hydroxylation sites is 2. The summed E-state index contributed by atoms with van der Waals surface area (Å²) < 4.78 is 5.64. The molecule has 1 atom stereocenters. The minimum Gasteiger partial charge on any atom is -0.492 e. The molecule has 6 nitrogen and oxygen atoms in total. The van der Waals surface area contributed by atoms with E-state index in [0.717, 1.165) is 25.2 Å². The Balaban J connectivity index is 1.50. The van der Waals surface area contributed by atoms with Crippen LogP contribution in [0.25, 0.3) is 0 Å². The molecule has 0 unspecified atom stereocenters. The van der Waals surface area contributed by atoms with Crippen LogP contribution in [0.3, 0.4) is 0 Å². The lowest BCUT2D eigenvalue weighted by Crippen LogP contribution is -2.41. The van der Waals surface area contributed by atoms with E-state index in [1.807, 2.05) is 45.3 Å². The van der Waals surface area contributed by atoms with Gasteiger partial charge in [0, 0.05) is 39.4 Å². The molecule has 0 bridgehead atoms. The number of urea groups is 1. The quantitative estimate of drug-likeness (QED) is 0.495. The number of anilines is 2. The molecule has 2 amide bonds. The summed E-state index contributed by atoms with van der Waals surface area (Å²) in [6.45, 7) is 4.80. The fraction of sp³-hybridized carbons (Fsp3) is 0.321. The number of benzene rings is 3. The molecule has 1 aliphatic heterocycles. The number of carbonyl (C=O) groups is 1. The molecule has 0 spiro atoms. The van der Waals surface area contributed by atoms with Gasteiger partial charge in [0.05, 0.1) is 18.3 Å². The minimum absolute atomic E-state index is 0.0671. The second kappa shape index (κ2) is 11.1. The maximum atomic E-state index is 12.8. The normalized spacial score (nSPS) is 14.1. The maximum absolute atomic E-state index is 12.8. The first-order valence-corrected chi connectivity index (χ1v) is 11.9. The monoisotopic (exact) mass is 458 g/mol. The lowest BCUT2D eigenvalue weighted by atomic mass is 9.96. The molecule has 4 rings (SSSR count). The van der Waals surface area contributed by atoms with Crippen molar-refractivity contribution < 1.29 is 9.53 Å². The number of nitrogens with one attached hydrogen (secondary N) is 2. The zero-order valence-electron chi connectivity index (χ0n) is 20.3. The second-order valence-electron chi connectivity index (χ2n) is 8.76. The number of amides is 2. The lowest BCUT2D eigenvalue weighted by molar-refractivity contribution is 0.175. The van der Waals surface area contributed by atoms with Crippen LogP contribution < -0.4 is 20.3 Å². The summed E-state index contributed by atoms with van der Waals surface area (Å²) in [7, 11) is 4.08. The van der Waals surface area contributed by atoms with Crippen molar-refractivity contribution in [2.45, 2.75) is 25.9 Å². The second-order valence-corrected chi connectivity index (χ2v) is 8.76. The molecular weight excluding hydrogens is 424 g/mol. The first-order chi connectivity index (χ1) is 16.5. The van der Waals surface area contributed by atoms with E-state index in [1.165, 1.54) is 16.7 Å². The van der Waals surface area contributed by atoms with E-state index >= 15 is 0 Å². The molecule has 0 fully saturated rings. The molecule has 3 aromatic carbocycles. The standard InChI is InChI=1S/C28H34N4O2/c1-4-34-27-12-8-7-11-25(27)30-28(33)29-19-26(22-13-15-24(16-14-22)31(2)3)32-18-17-21-9-5-6-10-23(21)20-32/h5-16,26H,4,17-20H2,1-3H3,(H2,29,30,33)/t26-/m1/s1. The van der Waals surface area contributed by atoms with Gasteiger partial charge < -0.3 is 20.3 Å². The third-order valence-corrected chi connectivity index (χ3v) is 6.29. The highest BCUT2D eigenvalue weighted by Gasteiger charge is 2.25. The van der Waals surface area contributed by atoms with E-state index in [0.29, 0.717) is 24.6 Å². The van der Waals surface area contributed by atoms with Gasteiger partial charge in [-0.15, -0.1) is 0 Å². The van der Waals surface area contributed by atoms with Crippen molar-refractivity contribution in [3.05, 3.63) is 89.5 Å². The molecular formula is C28H34N4O2. The van der Waals surface area contributed by atoms with Crippen molar-refractivity contribution in [1.29, 1.82) is 0 Å². The van der Waals surface area contributed by atoms with Crippen LogP contribution in [0.5, 0.6) is 5.75 Å². The van der Waals surface area contributed by atoms with E-state index in [1.54, 1.807) is 0 Å². The van der Waals surface area contributed by atoms with Crippen LogP contribution in [0.2, 0.25) is 0 Å². The Kier molecular flexibility index (Phi) is 7.70. The number of nitrogens with zero attached hydrogens (tertiary/aromatic N) is 2. The van der Waals surface area contributed by atoms with Crippen LogP contribution >= 0.6 is 0 Å². The summed E-state index contributed by atoms with van der Waals surface area (Å²) >= 11 is 0. The van der Waals surface area contributed by atoms with Gasteiger partial charge in [-0.05, 0) is 54.3 Å². The van der Waals surface area contributed by atoms with Crippen molar-refractivity contribution in [3.63, 3.8) is 0 Å². The lowest BCUT2D eigenvalue weighted by Gasteiger charge is -2.36. The van der Waals surface area contributed by atoms with Gasteiger partial charge in [-0.25, -0.2) is 4.79 Å². The van der Waals surface area contributed by atoms with Crippen molar-refractivity contribution in [2.24, 2.45) is 0 Å². The molecule has 6 heteroatoms. The molecule has 2 N–H and O–H groups in total. The van der Waals surface area contributed by atoms with Gasteiger partial charge >= 0.3 is 6.03 Å². The van der Waals surface area contributed by atoms with Gasteiger partial charge in [-0.3, -0.25) is 4.90 Å². The van der Waals surface area contributed by atoms with E-state index in [2.05, 4.69) is 69.0 Å². The zero-order valence-corrected chi connectivity index (χ0v) is 20.3. The first-order valence-electron chi connectivity index (χ1n) is 11.9. The molecule has 34 heavy (non-hydrogen) atoms. The SMILES string of the molecule is CCOc1ccccc1NC(=O)NC[C@H](c1ccc(N(C)C)cc1)N1CCc2ccccc2C1. The molecule has 3 aromatic rings. The molecule has 0 aliphatic carbocycles. The molecule has 0 saturated heterocycles. The summed E-state index contributed by atoms with van der Waals surface area (Å²) in [5.41, 5.74) is 5.79. The molecule has 0 aromatic heterocycles. The Labute approximate surface area is 202 Å². The summed E-state index contributed by atoms with van der Waals surface area (Å²) in [4.78, 5) is 17.4. The maximum Gasteiger partial charge on any atom is 0.319 e. The Bertz CT molecular complexity index is 1100. The summed E-state index contributed by atoms with van der Waals surface area (Å²) in [5.74, 6) is 0.670. The highest BCUT2D eigenvalue weighted by Crippen LogP contribution is 2.29. The van der Waals surface area contributed by atoms with Gasteiger partial charge in [-0.2, -0.15) is 0 Å². The van der Waals surface area contributed by atoms with Crippen molar-refractivity contribution in [3.8, 4) is 5.75 Å². The predicted octanol–water partition coefficient (Wildman–Crippen LogP) is 5.07. The Morgan fingerprint density at radius 3 is 2.44 bits per heavy atom. The van der Waals surface area contributed by atoms with Crippen molar-refractivity contribution in [1.82, 2.24) is 10.2 Å². The topological polar surface area (TPSA) is 56.8 Å². The number of hydrogen-bond acceptors (Lipinski definition) is 4. The Hall–Kier alpha value is -3.51. The number of fused-ring (bicyclic) bond motifs is 1. The van der Waals surface area contributed by atoms with E-state index < -0.39 is 0 Å². The number of hydrogen-bond donors (Lipinski definition) is 2. The fourth-order valence-corrected chi connectivity index (χ4v) is 4.44. The summed E-state index contributed by atoms with van der Waals surface area (Å²) in [5, 5.41) is 6.04. The average Bonchev–Trinajstić information content (AvgIpc) is 2.86. The van der Waals surface area contributed by atoms with Gasteiger partial charge in [0.2, 0.25) is 0 Å². The van der Waals surface area contributed by atoms with E-state index in [9.17, 15) is 4.79 Å². The van der Waals surface area contributed by atoms with Gasteiger partial charge in [0.15, 0.2) is 0 Å². The highest BCUT2D eigenvalue weighted by atomic mass is 16.5. The Morgan fingerprint density at radius 2 is 1.71 bits per heavy atom. The van der Waals surface area contributed by atoms with Crippen LogP contribution in [0.15, 0.2) is 72.8 Å². The van der Waals surface area contributed by atoms with Crippen LogP contribution in [-0.4, -0.2) is 44.7 Å². The average molecular weight is 459 g/mol. The number of carbonyl (C=O) groups excluding carboxylic acids is 1. The fourth-order valence-electron chi connectivity index (χ4n) is 4.44. The predicted molar refractivity (Wildman–Crippen MR) is 139 cm³/mol. The van der Waals surface area contributed by atoms with Crippen molar-refractivity contribution >= 4 is 17.4 Å². The zero-order chi connectivity index (χ0) is 23.9. The smallest absolute Gasteiger partial charge is 0.319 e. The van der Waals surface area contributed by atoms with Crippen LogP contribution in [0, 0.1) is 0 Å². The molecule has 0 saturated carbocycles. The van der Waals surface area contributed by atoms with Crippen LogP contribution in [0.4, 0.5) is 16.2 Å². The van der Waals surface area contributed by atoms with Gasteiger partial charge in [-0.1, -0.05) is 48.5 Å². The van der Waals surface area contributed by atoms with E-state index in [-0.39, 0.29) is 12.1 Å². The summed E-state index contributed by atoms with van der Waals surface area (Å²) in [6.07, 6.45) is 1.01. The first kappa shape index (κ1) is 23.6. The molecule has 1 heterocycles. The number of ether oxygens (including phenoxy) is 1. The Morgan fingerprint density at radius 1 is 1.00 bits per heavy atom. The van der Waals surface area contributed by atoms with Crippen LogP contribution in [0.1, 0.15) is 29.7 Å². The largest absolute Gasteiger partial charge is 0.492 e. The third-order valence-electron chi connectivity index (χ3n) is 6.29. The molecule has 178 valence electrons. The third kappa shape index (κ3) is 5.69. The highest BCUT2D eigenvalue weighted by molar-refractivity contribution is 5.90. The number of rotatable bonds is 8. The van der Waals surface area contributed by atoms with Crippen molar-refractivity contribution in [2.75, 3.05) is 44.0 Å².